The number of amides is 1. The molecule has 0 aliphatic heterocycles. The van der Waals surface area contributed by atoms with Gasteiger partial charge in [-0.1, -0.05) is 41.4 Å². The minimum absolute atomic E-state index is 0.0350. The van der Waals surface area contributed by atoms with Gasteiger partial charge in [-0.15, -0.1) is 0 Å². The fraction of sp³-hybridized carbons (Fsp3) is 0.0526. The second-order valence-corrected chi connectivity index (χ2v) is 8.40. The Kier molecular flexibility index (Phi) is 6.00. The van der Waals surface area contributed by atoms with Crippen LogP contribution in [0.5, 0.6) is 0 Å². The molecule has 144 valence electrons. The summed E-state index contributed by atoms with van der Waals surface area (Å²) in [5.74, 6) is -0.352. The summed E-state index contributed by atoms with van der Waals surface area (Å²) >= 11 is 12.0. The number of benzene rings is 2. The van der Waals surface area contributed by atoms with E-state index >= 15 is 0 Å². The number of nitrogens with two attached hydrogens (primary N) is 1. The molecule has 3 rings (SSSR count). The van der Waals surface area contributed by atoms with Gasteiger partial charge in [0.2, 0.25) is 15.9 Å². The number of halogens is 2. The Bertz CT molecular complexity index is 1150. The van der Waals surface area contributed by atoms with Crippen LogP contribution in [0.4, 0.5) is 5.69 Å². The number of carbonyl (C=O) groups excluding carboxylic acids is 1. The van der Waals surface area contributed by atoms with Gasteiger partial charge in [-0.2, -0.15) is 0 Å². The van der Waals surface area contributed by atoms with Crippen LogP contribution in [0, 0.1) is 0 Å². The van der Waals surface area contributed by atoms with Gasteiger partial charge < -0.3 is 5.32 Å². The topological polar surface area (TPSA) is 102 Å². The summed E-state index contributed by atoms with van der Waals surface area (Å²) in [7, 11) is -3.99. The Morgan fingerprint density at radius 2 is 1.79 bits per heavy atom. The predicted molar refractivity (Wildman–Crippen MR) is 110 cm³/mol. The minimum Gasteiger partial charge on any atom is -0.326 e. The smallest absolute Gasteiger partial charge is 0.238 e. The van der Waals surface area contributed by atoms with Crippen LogP contribution in [0.2, 0.25) is 10.0 Å². The second kappa shape index (κ2) is 8.28. The van der Waals surface area contributed by atoms with E-state index in [4.69, 9.17) is 28.3 Å². The number of hydrogen-bond donors (Lipinski definition) is 2. The summed E-state index contributed by atoms with van der Waals surface area (Å²) in [4.78, 5) is 16.3. The van der Waals surface area contributed by atoms with Gasteiger partial charge >= 0.3 is 0 Å². The van der Waals surface area contributed by atoms with Gasteiger partial charge in [0.25, 0.3) is 0 Å². The molecule has 9 heteroatoms. The van der Waals surface area contributed by atoms with E-state index in [1.807, 2.05) is 0 Å². The molecule has 0 unspecified atom stereocenters. The zero-order valence-corrected chi connectivity index (χ0v) is 16.7. The van der Waals surface area contributed by atoms with Gasteiger partial charge in [-0.05, 0) is 41.5 Å². The molecule has 1 heterocycles. The highest BCUT2D eigenvalue weighted by Gasteiger charge is 2.14. The molecule has 0 fully saturated rings. The average molecular weight is 436 g/mol. The third-order valence-electron chi connectivity index (χ3n) is 3.87. The van der Waals surface area contributed by atoms with Crippen molar-refractivity contribution in [2.45, 2.75) is 11.3 Å². The van der Waals surface area contributed by atoms with Crippen molar-refractivity contribution < 1.29 is 13.2 Å². The van der Waals surface area contributed by atoms with Gasteiger partial charge in [-0.25, -0.2) is 13.6 Å². The van der Waals surface area contributed by atoms with Crippen molar-refractivity contribution in [1.29, 1.82) is 0 Å². The van der Waals surface area contributed by atoms with E-state index < -0.39 is 10.0 Å². The third-order valence-corrected chi connectivity index (χ3v) is 5.33. The summed E-state index contributed by atoms with van der Waals surface area (Å²) in [6.45, 7) is 0. The van der Waals surface area contributed by atoms with Crippen LogP contribution in [-0.4, -0.2) is 19.3 Å². The zero-order valence-electron chi connectivity index (χ0n) is 14.4. The summed E-state index contributed by atoms with van der Waals surface area (Å²) in [6, 6.07) is 12.9. The molecule has 0 aliphatic carbocycles. The Hall–Kier alpha value is -2.45. The van der Waals surface area contributed by atoms with Crippen molar-refractivity contribution in [3.05, 3.63) is 76.5 Å². The molecular formula is C19H15Cl2N3O3S. The van der Waals surface area contributed by atoms with Crippen LogP contribution in [0.25, 0.3) is 11.1 Å². The Morgan fingerprint density at radius 1 is 1.04 bits per heavy atom. The monoisotopic (exact) mass is 435 g/mol. The van der Waals surface area contributed by atoms with Crippen LogP contribution >= 0.6 is 23.2 Å². The van der Waals surface area contributed by atoms with Gasteiger partial charge in [-0.3, -0.25) is 9.78 Å². The molecule has 0 spiro atoms. The molecule has 2 aromatic carbocycles. The Labute approximate surface area is 172 Å². The number of anilines is 1. The normalized spacial score (nSPS) is 11.2. The molecule has 0 saturated carbocycles. The van der Waals surface area contributed by atoms with Crippen LogP contribution < -0.4 is 10.5 Å². The molecule has 0 radical (unpaired) electrons. The lowest BCUT2D eigenvalue weighted by Gasteiger charge is -2.11. The quantitative estimate of drug-likeness (QED) is 0.634. The maximum atomic E-state index is 12.4. The largest absolute Gasteiger partial charge is 0.326 e. The van der Waals surface area contributed by atoms with Crippen molar-refractivity contribution >= 4 is 44.8 Å². The molecule has 0 saturated heterocycles. The van der Waals surface area contributed by atoms with Crippen LogP contribution in [-0.2, 0) is 21.2 Å². The highest BCUT2D eigenvalue weighted by Crippen LogP contribution is 2.28. The average Bonchev–Trinajstić information content (AvgIpc) is 2.62. The highest BCUT2D eigenvalue weighted by molar-refractivity contribution is 7.89. The summed E-state index contributed by atoms with van der Waals surface area (Å²) in [5.41, 5.74) is 2.01. The van der Waals surface area contributed by atoms with Crippen LogP contribution in [0.15, 0.2) is 65.8 Å². The molecule has 0 bridgehead atoms. The first-order valence-electron chi connectivity index (χ1n) is 8.04. The number of rotatable bonds is 5. The van der Waals surface area contributed by atoms with E-state index in [9.17, 15) is 13.2 Å². The van der Waals surface area contributed by atoms with Crippen molar-refractivity contribution in [3.63, 3.8) is 0 Å². The Balaban J connectivity index is 1.95. The van der Waals surface area contributed by atoms with E-state index in [0.29, 0.717) is 26.7 Å². The zero-order chi connectivity index (χ0) is 20.3. The Morgan fingerprint density at radius 3 is 2.46 bits per heavy atom. The van der Waals surface area contributed by atoms with Gasteiger partial charge in [0, 0.05) is 28.7 Å². The molecule has 0 aliphatic rings. The molecule has 6 nitrogen and oxygen atoms in total. The molecule has 3 N–H and O–H groups in total. The van der Waals surface area contributed by atoms with Crippen molar-refractivity contribution in [2.75, 3.05) is 5.32 Å². The van der Waals surface area contributed by atoms with Crippen LogP contribution in [0.1, 0.15) is 5.56 Å². The third kappa shape index (κ3) is 5.08. The van der Waals surface area contributed by atoms with Gasteiger partial charge in [0.05, 0.1) is 16.3 Å². The number of nitrogens with zero attached hydrogens (tertiary/aromatic N) is 1. The number of sulfonamides is 1. The fourth-order valence-electron chi connectivity index (χ4n) is 2.59. The standard InChI is InChI=1S/C19H15Cl2N3O3S/c20-15-5-14(10-23-11-15)13-6-16(9-17(7-13)28(22,26)27)24-19(25)8-12-3-1-2-4-18(12)21/h1-7,9-11H,8H2,(H,24,25)(H2,22,26,27). The molecule has 28 heavy (non-hydrogen) atoms. The number of carbonyl (C=O) groups is 1. The van der Waals surface area contributed by atoms with E-state index in [0.717, 1.165) is 0 Å². The lowest BCUT2D eigenvalue weighted by Crippen LogP contribution is -2.16. The first kappa shape index (κ1) is 20.3. The van der Waals surface area contributed by atoms with Crippen molar-refractivity contribution in [3.8, 4) is 11.1 Å². The second-order valence-electron chi connectivity index (χ2n) is 6.00. The lowest BCUT2D eigenvalue weighted by molar-refractivity contribution is -0.115. The molecule has 1 aromatic heterocycles. The number of aromatic nitrogens is 1. The predicted octanol–water partition coefficient (Wildman–Crippen LogP) is 3.88. The molecule has 3 aromatic rings. The summed E-state index contributed by atoms with van der Waals surface area (Å²) in [5, 5.41) is 8.83. The van der Waals surface area contributed by atoms with Crippen molar-refractivity contribution in [1.82, 2.24) is 4.98 Å². The molecule has 0 atom stereocenters. The SMILES string of the molecule is NS(=O)(=O)c1cc(NC(=O)Cc2ccccc2Cl)cc(-c2cncc(Cl)c2)c1. The van der Waals surface area contributed by atoms with E-state index in [-0.39, 0.29) is 22.9 Å². The minimum atomic E-state index is -3.99. The van der Waals surface area contributed by atoms with Gasteiger partial charge in [0.1, 0.15) is 0 Å². The number of primary sulfonamides is 1. The maximum Gasteiger partial charge on any atom is 0.238 e. The number of pyridine rings is 1. The van der Waals surface area contributed by atoms with Crippen molar-refractivity contribution in [2.24, 2.45) is 5.14 Å². The summed E-state index contributed by atoms with van der Waals surface area (Å²) in [6.07, 6.45) is 3.03. The van der Waals surface area contributed by atoms with Crippen LogP contribution in [0.3, 0.4) is 0 Å². The van der Waals surface area contributed by atoms with E-state index in [1.54, 1.807) is 36.4 Å². The lowest BCUT2D eigenvalue weighted by atomic mass is 10.1. The maximum absolute atomic E-state index is 12.4. The van der Waals surface area contributed by atoms with E-state index in [2.05, 4.69) is 10.3 Å². The highest BCUT2D eigenvalue weighted by atomic mass is 35.5. The summed E-state index contributed by atoms with van der Waals surface area (Å²) < 4.78 is 23.7. The van der Waals surface area contributed by atoms with Gasteiger partial charge in [0.15, 0.2) is 0 Å². The first-order valence-corrected chi connectivity index (χ1v) is 10.3. The van der Waals surface area contributed by atoms with E-state index in [1.165, 1.54) is 24.5 Å². The number of nitrogens with one attached hydrogen (secondary N) is 1. The first-order chi connectivity index (χ1) is 13.2. The molecule has 1 amide bonds. The fourth-order valence-corrected chi connectivity index (χ4v) is 3.55. The number of hydrogen-bond acceptors (Lipinski definition) is 4. The molecular weight excluding hydrogens is 421 g/mol.